The van der Waals surface area contributed by atoms with Crippen molar-refractivity contribution in [2.24, 2.45) is 0 Å². The summed E-state index contributed by atoms with van der Waals surface area (Å²) in [6.45, 7) is 3.11. The van der Waals surface area contributed by atoms with Crippen LogP contribution >= 0.6 is 0 Å². The van der Waals surface area contributed by atoms with Crippen LogP contribution in [0.3, 0.4) is 0 Å². The number of fused-ring (bicyclic) bond motifs is 1. The lowest BCUT2D eigenvalue weighted by Crippen LogP contribution is -2.52. The van der Waals surface area contributed by atoms with Crippen molar-refractivity contribution in [3.63, 3.8) is 0 Å². The fourth-order valence-corrected chi connectivity index (χ4v) is 2.73. The molecular formula is C14H19N3O2. The molecule has 0 aliphatic carbocycles. The maximum absolute atomic E-state index is 12.2. The second-order valence-corrected chi connectivity index (χ2v) is 4.98. The van der Waals surface area contributed by atoms with E-state index in [0.717, 1.165) is 44.1 Å². The van der Waals surface area contributed by atoms with E-state index >= 15 is 0 Å². The van der Waals surface area contributed by atoms with Crippen molar-refractivity contribution < 1.29 is 9.53 Å². The number of carbonyl (C=O) groups is 1. The van der Waals surface area contributed by atoms with Gasteiger partial charge >= 0.3 is 0 Å². The van der Waals surface area contributed by atoms with Gasteiger partial charge in [0.1, 0.15) is 0 Å². The molecule has 0 bridgehead atoms. The Morgan fingerprint density at radius 1 is 1.37 bits per heavy atom. The van der Waals surface area contributed by atoms with Gasteiger partial charge in [0, 0.05) is 31.5 Å². The zero-order valence-electron chi connectivity index (χ0n) is 11.1. The summed E-state index contributed by atoms with van der Waals surface area (Å²) in [5.41, 5.74) is 3.15. The fourth-order valence-electron chi connectivity index (χ4n) is 2.73. The molecule has 2 aliphatic heterocycles. The molecule has 1 amide bonds. The first-order chi connectivity index (χ1) is 9.28. The Hall–Kier alpha value is -1.59. The Morgan fingerprint density at radius 3 is 2.89 bits per heavy atom. The molecule has 0 radical (unpaired) electrons. The molecule has 1 saturated heterocycles. The van der Waals surface area contributed by atoms with E-state index in [0.29, 0.717) is 0 Å². The van der Waals surface area contributed by atoms with Gasteiger partial charge in [-0.25, -0.2) is 0 Å². The largest absolute Gasteiger partial charge is 0.388 e. The number of benzene rings is 1. The quantitative estimate of drug-likeness (QED) is 0.831. The molecular weight excluding hydrogens is 242 g/mol. The summed E-state index contributed by atoms with van der Waals surface area (Å²) in [6.07, 6.45) is 0.783. The number of anilines is 2. The Bertz CT molecular complexity index is 484. The van der Waals surface area contributed by atoms with Gasteiger partial charge in [0.25, 0.3) is 0 Å². The highest BCUT2D eigenvalue weighted by molar-refractivity contribution is 5.98. The smallest absolute Gasteiger partial charge is 0.242 e. The molecule has 3 rings (SSSR count). The second-order valence-electron chi connectivity index (χ2n) is 4.98. The zero-order chi connectivity index (χ0) is 13.2. The summed E-state index contributed by atoms with van der Waals surface area (Å²) >= 11 is 0. The van der Waals surface area contributed by atoms with E-state index in [1.165, 1.54) is 5.56 Å². The van der Waals surface area contributed by atoms with Crippen molar-refractivity contribution in [3.05, 3.63) is 23.8 Å². The maximum atomic E-state index is 12.2. The molecule has 0 saturated carbocycles. The minimum Gasteiger partial charge on any atom is -0.388 e. The number of nitrogens with zero attached hydrogens (tertiary/aromatic N) is 1. The van der Waals surface area contributed by atoms with Gasteiger partial charge in [0.05, 0.1) is 19.3 Å². The third kappa shape index (κ3) is 2.43. The highest BCUT2D eigenvalue weighted by Gasteiger charge is 2.32. The number of rotatable bonds is 2. The minimum absolute atomic E-state index is 0.0585. The Morgan fingerprint density at radius 2 is 2.16 bits per heavy atom. The van der Waals surface area contributed by atoms with Gasteiger partial charge in [0.15, 0.2) is 0 Å². The number of hydrogen-bond acceptors (Lipinski definition) is 4. The van der Waals surface area contributed by atoms with E-state index in [1.54, 1.807) is 0 Å². The molecule has 5 heteroatoms. The SMILES string of the molecule is CNc1ccc2c(c1)NC(=O)C(N1CCOCC1)C2. The van der Waals surface area contributed by atoms with Crippen molar-refractivity contribution in [1.29, 1.82) is 0 Å². The summed E-state index contributed by atoms with van der Waals surface area (Å²) in [5.74, 6) is 0.0997. The van der Waals surface area contributed by atoms with Crippen molar-refractivity contribution in [2.45, 2.75) is 12.5 Å². The third-order valence-electron chi connectivity index (χ3n) is 3.86. The monoisotopic (exact) mass is 261 g/mol. The van der Waals surface area contributed by atoms with E-state index in [4.69, 9.17) is 4.74 Å². The van der Waals surface area contributed by atoms with Crippen molar-refractivity contribution in [1.82, 2.24) is 4.90 Å². The first kappa shape index (κ1) is 12.4. The number of morpholine rings is 1. The van der Waals surface area contributed by atoms with E-state index in [-0.39, 0.29) is 11.9 Å². The van der Waals surface area contributed by atoms with Crippen molar-refractivity contribution in [2.75, 3.05) is 44.0 Å². The van der Waals surface area contributed by atoms with Gasteiger partial charge in [-0.05, 0) is 24.1 Å². The Kier molecular flexibility index (Phi) is 3.40. The standard InChI is InChI=1S/C14H19N3O2/c1-15-11-3-2-10-8-13(14(18)16-12(10)9-11)17-4-6-19-7-5-17/h2-3,9,13,15H,4-8H2,1H3,(H,16,18). The van der Waals surface area contributed by atoms with Gasteiger partial charge in [-0.1, -0.05) is 6.07 Å². The lowest BCUT2D eigenvalue weighted by Gasteiger charge is -2.36. The lowest BCUT2D eigenvalue weighted by molar-refractivity contribution is -0.123. The third-order valence-corrected chi connectivity index (χ3v) is 3.86. The first-order valence-corrected chi connectivity index (χ1v) is 6.71. The predicted octanol–water partition coefficient (Wildman–Crippen LogP) is 0.924. The summed E-state index contributed by atoms with van der Waals surface area (Å²) < 4.78 is 5.34. The van der Waals surface area contributed by atoms with Crippen LogP contribution in [0.25, 0.3) is 0 Å². The molecule has 2 N–H and O–H groups in total. The van der Waals surface area contributed by atoms with Crippen LogP contribution in [0.2, 0.25) is 0 Å². The predicted molar refractivity (Wildman–Crippen MR) is 74.5 cm³/mol. The summed E-state index contributed by atoms with van der Waals surface area (Å²) in [6, 6.07) is 6.07. The topological polar surface area (TPSA) is 53.6 Å². The van der Waals surface area contributed by atoms with Crippen molar-refractivity contribution >= 4 is 17.3 Å². The molecule has 1 aromatic rings. The highest BCUT2D eigenvalue weighted by Crippen LogP contribution is 2.28. The molecule has 5 nitrogen and oxygen atoms in total. The number of carbonyl (C=O) groups excluding carboxylic acids is 1. The molecule has 19 heavy (non-hydrogen) atoms. The molecule has 2 aliphatic rings. The molecule has 1 fully saturated rings. The molecule has 1 atom stereocenters. The molecule has 1 aromatic carbocycles. The molecule has 102 valence electrons. The fraction of sp³-hybridized carbons (Fsp3) is 0.500. The lowest BCUT2D eigenvalue weighted by atomic mass is 9.97. The van der Waals surface area contributed by atoms with Crippen LogP contribution in [0.1, 0.15) is 5.56 Å². The van der Waals surface area contributed by atoms with Gasteiger partial charge in [-0.2, -0.15) is 0 Å². The first-order valence-electron chi connectivity index (χ1n) is 6.71. The van der Waals surface area contributed by atoms with Crippen molar-refractivity contribution in [3.8, 4) is 0 Å². The van der Waals surface area contributed by atoms with Crippen LogP contribution in [0.15, 0.2) is 18.2 Å². The van der Waals surface area contributed by atoms with Crippen LogP contribution < -0.4 is 10.6 Å². The van der Waals surface area contributed by atoms with E-state index in [9.17, 15) is 4.79 Å². The summed E-state index contributed by atoms with van der Waals surface area (Å²) in [4.78, 5) is 14.5. The van der Waals surface area contributed by atoms with Crippen LogP contribution in [0.5, 0.6) is 0 Å². The molecule has 0 aromatic heterocycles. The highest BCUT2D eigenvalue weighted by atomic mass is 16.5. The Labute approximate surface area is 112 Å². The average Bonchev–Trinajstić information content (AvgIpc) is 2.47. The molecule has 2 heterocycles. The average molecular weight is 261 g/mol. The number of amides is 1. The Balaban J connectivity index is 1.81. The van der Waals surface area contributed by atoms with Gasteiger partial charge in [0.2, 0.25) is 5.91 Å². The van der Waals surface area contributed by atoms with Crippen LogP contribution in [-0.2, 0) is 16.0 Å². The maximum Gasteiger partial charge on any atom is 0.242 e. The van der Waals surface area contributed by atoms with E-state index in [1.807, 2.05) is 19.2 Å². The number of ether oxygens (including phenoxy) is 1. The normalized spacial score (nSPS) is 23.6. The summed E-state index contributed by atoms with van der Waals surface area (Å²) in [7, 11) is 1.88. The van der Waals surface area contributed by atoms with Gasteiger partial charge in [-0.3, -0.25) is 9.69 Å². The van der Waals surface area contributed by atoms with Gasteiger partial charge < -0.3 is 15.4 Å². The van der Waals surface area contributed by atoms with Crippen LogP contribution in [0, 0.1) is 0 Å². The second kappa shape index (κ2) is 5.19. The zero-order valence-corrected chi connectivity index (χ0v) is 11.1. The number of nitrogens with one attached hydrogen (secondary N) is 2. The molecule has 1 unspecified atom stereocenters. The van der Waals surface area contributed by atoms with E-state index in [2.05, 4.69) is 21.6 Å². The number of hydrogen-bond donors (Lipinski definition) is 2. The molecule has 0 spiro atoms. The minimum atomic E-state index is -0.0585. The van der Waals surface area contributed by atoms with Gasteiger partial charge in [-0.15, -0.1) is 0 Å². The van der Waals surface area contributed by atoms with Crippen LogP contribution in [-0.4, -0.2) is 50.2 Å². The van der Waals surface area contributed by atoms with E-state index < -0.39 is 0 Å². The van der Waals surface area contributed by atoms with Crippen LogP contribution in [0.4, 0.5) is 11.4 Å². The summed E-state index contributed by atoms with van der Waals surface area (Å²) in [5, 5.41) is 6.11.